The van der Waals surface area contributed by atoms with Crippen molar-refractivity contribution < 1.29 is 67.9 Å². The van der Waals surface area contributed by atoms with Crippen LogP contribution in [0, 0.1) is 0 Å². The summed E-state index contributed by atoms with van der Waals surface area (Å²) in [6.07, 6.45) is 1.52. The van der Waals surface area contributed by atoms with Crippen molar-refractivity contribution in [2.45, 2.75) is 26.0 Å². The first-order valence-electron chi connectivity index (χ1n) is 26.5. The van der Waals surface area contributed by atoms with Crippen molar-refractivity contribution in [1.82, 2.24) is 49.4 Å². The van der Waals surface area contributed by atoms with Crippen LogP contribution < -0.4 is 14.8 Å². The summed E-state index contributed by atoms with van der Waals surface area (Å²) >= 11 is 13.0. The predicted octanol–water partition coefficient (Wildman–Crippen LogP) is 2.52. The Labute approximate surface area is 484 Å². The number of carboxylic acid groups (broad SMARTS) is 3. The summed E-state index contributed by atoms with van der Waals surface area (Å²) in [5.41, 5.74) is 4.21. The summed E-state index contributed by atoms with van der Waals surface area (Å²) in [4.78, 5) is 105. The van der Waals surface area contributed by atoms with Gasteiger partial charge in [-0.1, -0.05) is 46.6 Å². The quantitative estimate of drug-likeness (QED) is 0.0530. The van der Waals surface area contributed by atoms with E-state index in [1.165, 1.54) is 30.1 Å². The van der Waals surface area contributed by atoms with E-state index >= 15 is 0 Å². The topological polar surface area (TPSA) is 282 Å². The van der Waals surface area contributed by atoms with Crippen LogP contribution in [0.1, 0.15) is 35.5 Å². The standard InChI is InChI=1S/C55H69Cl2N11O14/c1-55(2)35-80-20-18-67(55)54(78)52-43-34-81-45-26-44(79-5)41(25-42(45)53(43)68(60-52)40-23-38(56)22-39(57)24-40)37-8-6-7-36(21-37)27-59-82-19-9-58-46(69)28-61(3)47(70)29-62(4)48(71)30-63-10-12-64(31-49(72)73)14-16-66(33-51(76)77)17-15-65(13-11-63)32-50(74)75/h6-8,21-27H,9-20,28-35H2,1-5H3,(H,58,69)(H,72,73)(H,74,75)(H,76,77)/b59-27+. The number of nitrogens with zero attached hydrogens (tertiary/aromatic N) is 10. The molecule has 4 aromatic rings. The summed E-state index contributed by atoms with van der Waals surface area (Å²) in [6, 6.07) is 16.3. The highest BCUT2D eigenvalue weighted by Crippen LogP contribution is 2.46. The Morgan fingerprint density at radius 1 is 0.756 bits per heavy atom. The van der Waals surface area contributed by atoms with Gasteiger partial charge >= 0.3 is 17.9 Å². The number of hydrogen-bond acceptors (Lipinski definition) is 17. The number of benzene rings is 3. The number of carbonyl (C=O) groups excluding carboxylic acids is 4. The smallest absolute Gasteiger partial charge is 0.317 e. The van der Waals surface area contributed by atoms with Crippen molar-refractivity contribution in [3.8, 4) is 39.6 Å². The number of nitrogens with one attached hydrogen (secondary N) is 1. The number of morpholine rings is 1. The van der Waals surface area contributed by atoms with E-state index in [1.54, 1.807) is 60.6 Å². The number of likely N-dealkylation sites (N-methyl/N-ethyl adjacent to an activating group) is 2. The summed E-state index contributed by atoms with van der Waals surface area (Å²) in [6.45, 7) is 5.26. The normalized spacial score (nSPS) is 16.4. The molecule has 4 amide bonds. The van der Waals surface area contributed by atoms with Crippen LogP contribution in [0.5, 0.6) is 11.5 Å². The van der Waals surface area contributed by atoms with Gasteiger partial charge in [0.05, 0.1) is 89.3 Å². The van der Waals surface area contributed by atoms with Crippen LogP contribution in [0.15, 0.2) is 59.8 Å². The molecule has 4 heterocycles. The van der Waals surface area contributed by atoms with Gasteiger partial charge in [0.1, 0.15) is 24.7 Å². The molecule has 0 aliphatic carbocycles. The number of rotatable bonds is 21. The van der Waals surface area contributed by atoms with Gasteiger partial charge in [0.2, 0.25) is 17.7 Å². The minimum absolute atomic E-state index is 0.00133. The van der Waals surface area contributed by atoms with Gasteiger partial charge in [-0.15, -0.1) is 0 Å². The Bertz CT molecular complexity index is 2980. The number of halogens is 2. The van der Waals surface area contributed by atoms with Crippen LogP contribution in [0.4, 0.5) is 0 Å². The number of oxime groups is 1. The first-order chi connectivity index (χ1) is 39.1. The van der Waals surface area contributed by atoms with Gasteiger partial charge in [-0.2, -0.15) is 5.10 Å². The minimum Gasteiger partial charge on any atom is -0.496 e. The highest BCUT2D eigenvalue weighted by atomic mass is 35.5. The fourth-order valence-corrected chi connectivity index (χ4v) is 10.2. The average molecular weight is 1180 g/mol. The summed E-state index contributed by atoms with van der Waals surface area (Å²) < 4.78 is 19.6. The van der Waals surface area contributed by atoms with E-state index in [9.17, 15) is 48.9 Å². The van der Waals surface area contributed by atoms with Gasteiger partial charge < -0.3 is 54.4 Å². The molecule has 2 fully saturated rings. The first kappa shape index (κ1) is 62.2. The van der Waals surface area contributed by atoms with Crippen LogP contribution in [0.3, 0.4) is 0 Å². The molecular formula is C55H69Cl2N11O14. The molecule has 3 aliphatic heterocycles. The van der Waals surface area contributed by atoms with Crippen molar-refractivity contribution in [3.63, 3.8) is 0 Å². The van der Waals surface area contributed by atoms with E-state index in [4.69, 9.17) is 47.3 Å². The van der Waals surface area contributed by atoms with Crippen LogP contribution in [0.25, 0.3) is 28.1 Å². The lowest BCUT2D eigenvalue weighted by atomic mass is 9.94. The molecule has 82 heavy (non-hydrogen) atoms. The molecule has 0 saturated carbocycles. The van der Waals surface area contributed by atoms with Gasteiger partial charge in [0.15, 0.2) is 5.69 Å². The van der Waals surface area contributed by atoms with E-state index in [0.717, 1.165) is 5.56 Å². The molecule has 0 unspecified atom stereocenters. The molecular weight excluding hydrogens is 1110 g/mol. The zero-order chi connectivity index (χ0) is 59.3. The van der Waals surface area contributed by atoms with Crippen molar-refractivity contribution in [1.29, 1.82) is 0 Å². The maximum absolute atomic E-state index is 14.4. The second kappa shape index (κ2) is 28.5. The molecule has 442 valence electrons. The molecule has 3 aliphatic rings. The fraction of sp³-hybridized carbons (Fsp3) is 0.473. The molecule has 0 radical (unpaired) electrons. The number of aliphatic carboxylic acids is 3. The third-order valence-corrected chi connectivity index (χ3v) is 14.5. The maximum atomic E-state index is 14.4. The second-order valence-electron chi connectivity index (χ2n) is 20.7. The summed E-state index contributed by atoms with van der Waals surface area (Å²) in [7, 11) is 4.44. The molecule has 27 heteroatoms. The van der Waals surface area contributed by atoms with Gasteiger partial charge in [-0.25, -0.2) is 4.68 Å². The lowest BCUT2D eigenvalue weighted by molar-refractivity contribution is -0.141. The van der Waals surface area contributed by atoms with Crippen LogP contribution in [0.2, 0.25) is 10.0 Å². The Kier molecular flexibility index (Phi) is 21.7. The van der Waals surface area contributed by atoms with Gasteiger partial charge in [-0.05, 0) is 55.3 Å². The zero-order valence-electron chi connectivity index (χ0n) is 46.5. The first-order valence-corrected chi connectivity index (χ1v) is 27.2. The highest BCUT2D eigenvalue weighted by molar-refractivity contribution is 6.34. The Morgan fingerprint density at radius 2 is 1.34 bits per heavy atom. The van der Waals surface area contributed by atoms with Crippen molar-refractivity contribution in [2.75, 3.05) is 146 Å². The Balaban J connectivity index is 0.932. The second-order valence-corrected chi connectivity index (χ2v) is 21.6. The lowest BCUT2D eigenvalue weighted by Crippen LogP contribution is -2.55. The van der Waals surface area contributed by atoms with Gasteiger partial charge in [0.25, 0.3) is 5.91 Å². The maximum Gasteiger partial charge on any atom is 0.317 e. The molecule has 2 saturated heterocycles. The molecule has 0 spiro atoms. The lowest BCUT2D eigenvalue weighted by Gasteiger charge is -2.41. The number of aromatic nitrogens is 2. The van der Waals surface area contributed by atoms with Crippen molar-refractivity contribution in [2.24, 2.45) is 5.16 Å². The van der Waals surface area contributed by atoms with Crippen molar-refractivity contribution in [3.05, 3.63) is 81.5 Å². The molecule has 1 aromatic heterocycles. The van der Waals surface area contributed by atoms with Gasteiger partial charge in [-0.3, -0.25) is 53.2 Å². The van der Waals surface area contributed by atoms with Gasteiger partial charge in [0, 0.05) is 106 Å². The number of fused-ring (bicyclic) bond motifs is 3. The molecule has 7 rings (SSSR count). The number of methoxy groups -OCH3 is 1. The highest BCUT2D eigenvalue weighted by Gasteiger charge is 2.39. The SMILES string of the molecule is COc1cc2c(cc1-c1cccc(/C=N/OCCNC(=O)CN(C)C(=O)CN(C)C(=O)CN3CCN(CC(=O)O)CCN(CC(=O)O)CCN(CC(=O)O)CC3)c1)-c1c(c(C(=O)N3CCOCC3(C)C)nn1-c1cc(Cl)cc(Cl)c1)CO2. The third-order valence-electron chi connectivity index (χ3n) is 14.1. The molecule has 4 N–H and O–H groups in total. The van der Waals surface area contributed by atoms with E-state index < -0.39 is 41.2 Å². The molecule has 3 aromatic carbocycles. The fourth-order valence-electron chi connectivity index (χ4n) is 9.70. The van der Waals surface area contributed by atoms with Crippen LogP contribution >= 0.6 is 23.2 Å². The third kappa shape index (κ3) is 16.9. The van der Waals surface area contributed by atoms with Crippen LogP contribution in [-0.2, 0) is 44.9 Å². The molecule has 0 atom stereocenters. The average Bonchev–Trinajstić information content (AvgIpc) is 2.24. The monoisotopic (exact) mass is 1180 g/mol. The van der Waals surface area contributed by atoms with E-state index in [2.05, 4.69) is 10.5 Å². The zero-order valence-corrected chi connectivity index (χ0v) is 48.0. The number of hydrogen-bond donors (Lipinski definition) is 4. The Hall–Kier alpha value is -7.39. The number of amides is 4. The summed E-state index contributed by atoms with van der Waals surface area (Å²) in [5, 5.41) is 41.0. The van der Waals surface area contributed by atoms with E-state index in [1.807, 2.05) is 44.2 Å². The van der Waals surface area contributed by atoms with E-state index in [0.29, 0.717) is 74.9 Å². The number of ether oxygens (including phenoxy) is 3. The predicted molar refractivity (Wildman–Crippen MR) is 302 cm³/mol. The number of carboxylic acids is 3. The van der Waals surface area contributed by atoms with Crippen molar-refractivity contribution >= 4 is 71.0 Å². The molecule has 0 bridgehead atoms. The minimum atomic E-state index is -1.07. The Morgan fingerprint density at radius 3 is 1.91 bits per heavy atom. The largest absolute Gasteiger partial charge is 0.496 e. The molecule has 25 nitrogen and oxygen atoms in total. The van der Waals surface area contributed by atoms with E-state index in [-0.39, 0.29) is 123 Å². The number of carbonyl (C=O) groups is 7. The summed E-state index contributed by atoms with van der Waals surface area (Å²) in [5.74, 6) is -3.85. The van der Waals surface area contributed by atoms with Crippen LogP contribution in [-0.4, -0.2) is 258 Å².